The molecule has 0 fully saturated rings. The van der Waals surface area contributed by atoms with Crippen molar-refractivity contribution in [1.82, 2.24) is 10.1 Å². The van der Waals surface area contributed by atoms with E-state index in [4.69, 9.17) is 8.94 Å². The van der Waals surface area contributed by atoms with E-state index in [-0.39, 0.29) is 12.0 Å². The molecule has 2 aromatic heterocycles. The number of nitrogens with one attached hydrogen (secondary N) is 1. The lowest BCUT2D eigenvalue weighted by Crippen LogP contribution is -2.05. The summed E-state index contributed by atoms with van der Waals surface area (Å²) in [4.78, 5) is 4.25. The van der Waals surface area contributed by atoms with Crippen LogP contribution in [-0.4, -0.2) is 10.1 Å². The van der Waals surface area contributed by atoms with Crippen molar-refractivity contribution in [2.45, 2.75) is 39.7 Å². The van der Waals surface area contributed by atoms with Crippen molar-refractivity contribution in [2.24, 2.45) is 0 Å². The van der Waals surface area contributed by atoms with Gasteiger partial charge in [0.15, 0.2) is 5.82 Å². The van der Waals surface area contributed by atoms with Crippen LogP contribution in [0.3, 0.4) is 0 Å². The topological polar surface area (TPSA) is 64.1 Å². The fraction of sp³-hybridized carbons (Fsp3) is 0.500. The van der Waals surface area contributed by atoms with E-state index in [1.54, 1.807) is 0 Å². The van der Waals surface area contributed by atoms with Gasteiger partial charge in [-0.05, 0) is 26.0 Å². The molecule has 2 aromatic rings. The SMILES string of the molecule is Cc1ccc(C(C)Nc2nc(C(C)C)no2)o1. The van der Waals surface area contributed by atoms with E-state index >= 15 is 0 Å². The van der Waals surface area contributed by atoms with Gasteiger partial charge in [-0.1, -0.05) is 19.0 Å². The highest BCUT2D eigenvalue weighted by Gasteiger charge is 2.14. The van der Waals surface area contributed by atoms with Crippen LogP contribution in [0, 0.1) is 6.92 Å². The van der Waals surface area contributed by atoms with Crippen LogP contribution in [0.25, 0.3) is 0 Å². The van der Waals surface area contributed by atoms with Crippen molar-refractivity contribution >= 4 is 6.01 Å². The maximum absolute atomic E-state index is 5.52. The molecule has 2 rings (SSSR count). The number of aromatic nitrogens is 2. The maximum Gasteiger partial charge on any atom is 0.322 e. The lowest BCUT2D eigenvalue weighted by Gasteiger charge is -2.07. The summed E-state index contributed by atoms with van der Waals surface area (Å²) in [5, 5.41) is 7.00. The molecule has 1 N–H and O–H groups in total. The summed E-state index contributed by atoms with van der Waals surface area (Å²) in [5.41, 5.74) is 0. The van der Waals surface area contributed by atoms with E-state index < -0.39 is 0 Å². The van der Waals surface area contributed by atoms with Crippen molar-refractivity contribution in [3.05, 3.63) is 29.5 Å². The summed E-state index contributed by atoms with van der Waals surface area (Å²) >= 11 is 0. The van der Waals surface area contributed by atoms with Gasteiger partial charge in [-0.3, -0.25) is 0 Å². The third-order valence-electron chi connectivity index (χ3n) is 2.49. The molecule has 0 amide bonds. The number of aryl methyl sites for hydroxylation is 1. The summed E-state index contributed by atoms with van der Waals surface area (Å²) in [6, 6.07) is 4.30. The third kappa shape index (κ3) is 2.67. The Kier molecular flexibility index (Phi) is 3.17. The van der Waals surface area contributed by atoms with Crippen molar-refractivity contribution in [2.75, 3.05) is 5.32 Å². The number of hydrogen-bond acceptors (Lipinski definition) is 5. The minimum atomic E-state index is 0.00385. The average molecular weight is 235 g/mol. The Morgan fingerprint density at radius 1 is 1.24 bits per heavy atom. The minimum absolute atomic E-state index is 0.00385. The molecule has 1 atom stereocenters. The molecule has 0 radical (unpaired) electrons. The third-order valence-corrected chi connectivity index (χ3v) is 2.49. The van der Waals surface area contributed by atoms with Gasteiger partial charge < -0.3 is 14.3 Å². The molecule has 0 saturated heterocycles. The summed E-state index contributed by atoms with van der Waals surface area (Å²) in [7, 11) is 0. The predicted molar refractivity (Wildman–Crippen MR) is 63.9 cm³/mol. The minimum Gasteiger partial charge on any atom is -0.464 e. The van der Waals surface area contributed by atoms with Crippen molar-refractivity contribution in [3.8, 4) is 0 Å². The van der Waals surface area contributed by atoms with Gasteiger partial charge in [-0.2, -0.15) is 4.98 Å². The van der Waals surface area contributed by atoms with E-state index in [1.807, 2.05) is 39.8 Å². The van der Waals surface area contributed by atoms with Crippen LogP contribution >= 0.6 is 0 Å². The number of anilines is 1. The van der Waals surface area contributed by atoms with Crippen molar-refractivity contribution < 1.29 is 8.94 Å². The zero-order valence-electron chi connectivity index (χ0n) is 10.5. The van der Waals surface area contributed by atoms with E-state index in [0.29, 0.717) is 11.8 Å². The van der Waals surface area contributed by atoms with Gasteiger partial charge in [-0.25, -0.2) is 0 Å². The molecule has 0 saturated carbocycles. The van der Waals surface area contributed by atoms with Crippen LogP contribution in [0.2, 0.25) is 0 Å². The summed E-state index contributed by atoms with van der Waals surface area (Å²) < 4.78 is 10.6. The molecular formula is C12H17N3O2. The summed E-state index contributed by atoms with van der Waals surface area (Å²) in [6.07, 6.45) is 0. The first-order chi connectivity index (χ1) is 8.06. The molecule has 0 aliphatic carbocycles. The first-order valence-electron chi connectivity index (χ1n) is 5.72. The van der Waals surface area contributed by atoms with Crippen LogP contribution in [0.4, 0.5) is 6.01 Å². The highest BCUT2D eigenvalue weighted by atomic mass is 16.5. The molecule has 0 aliphatic heterocycles. The smallest absolute Gasteiger partial charge is 0.322 e. The molecule has 2 heterocycles. The molecule has 5 heteroatoms. The predicted octanol–water partition coefficient (Wildman–Crippen LogP) is 3.27. The molecule has 17 heavy (non-hydrogen) atoms. The molecule has 0 bridgehead atoms. The highest BCUT2D eigenvalue weighted by Crippen LogP contribution is 2.21. The van der Waals surface area contributed by atoms with Crippen LogP contribution in [-0.2, 0) is 0 Å². The van der Waals surface area contributed by atoms with Crippen LogP contribution in [0.1, 0.15) is 50.1 Å². The van der Waals surface area contributed by atoms with E-state index in [0.717, 1.165) is 11.5 Å². The van der Waals surface area contributed by atoms with Crippen molar-refractivity contribution in [1.29, 1.82) is 0 Å². The second-order valence-electron chi connectivity index (χ2n) is 4.43. The lowest BCUT2D eigenvalue weighted by atomic mass is 10.2. The number of nitrogens with zero attached hydrogens (tertiary/aromatic N) is 2. The van der Waals surface area contributed by atoms with Crippen molar-refractivity contribution in [3.63, 3.8) is 0 Å². The molecule has 0 aromatic carbocycles. The van der Waals surface area contributed by atoms with Gasteiger partial charge in [0.1, 0.15) is 11.5 Å². The Balaban J connectivity index is 2.05. The van der Waals surface area contributed by atoms with Gasteiger partial charge in [-0.15, -0.1) is 0 Å². The van der Waals surface area contributed by atoms with Gasteiger partial charge >= 0.3 is 6.01 Å². The van der Waals surface area contributed by atoms with Gasteiger partial charge in [0, 0.05) is 5.92 Å². The molecule has 92 valence electrons. The first kappa shape index (κ1) is 11.7. The van der Waals surface area contributed by atoms with E-state index in [1.165, 1.54) is 0 Å². The molecule has 0 spiro atoms. The standard InChI is InChI=1S/C12H17N3O2/c1-7(2)11-14-12(17-15-11)13-9(4)10-6-5-8(3)16-10/h5-7,9H,1-4H3,(H,13,14,15). The maximum atomic E-state index is 5.52. The number of furan rings is 1. The van der Waals surface area contributed by atoms with Crippen LogP contribution in [0.15, 0.2) is 21.1 Å². The van der Waals surface area contributed by atoms with Crippen LogP contribution in [0.5, 0.6) is 0 Å². The fourth-order valence-corrected chi connectivity index (χ4v) is 1.47. The Labute approximate surface area is 100 Å². The summed E-state index contributed by atoms with van der Waals surface area (Å²) in [5.74, 6) is 2.71. The second kappa shape index (κ2) is 4.61. The van der Waals surface area contributed by atoms with Gasteiger partial charge in [0.05, 0.1) is 6.04 Å². The monoisotopic (exact) mass is 235 g/mol. The molecule has 5 nitrogen and oxygen atoms in total. The molecular weight excluding hydrogens is 218 g/mol. The highest BCUT2D eigenvalue weighted by molar-refractivity contribution is 5.25. The zero-order valence-corrected chi connectivity index (χ0v) is 10.5. The summed E-state index contributed by atoms with van der Waals surface area (Å²) in [6.45, 7) is 7.94. The Morgan fingerprint density at radius 3 is 2.53 bits per heavy atom. The van der Waals surface area contributed by atoms with Gasteiger partial charge in [0.25, 0.3) is 0 Å². The van der Waals surface area contributed by atoms with Crippen LogP contribution < -0.4 is 5.32 Å². The Morgan fingerprint density at radius 2 is 2.00 bits per heavy atom. The second-order valence-corrected chi connectivity index (χ2v) is 4.43. The van der Waals surface area contributed by atoms with E-state index in [9.17, 15) is 0 Å². The zero-order chi connectivity index (χ0) is 12.4. The number of rotatable bonds is 4. The first-order valence-corrected chi connectivity index (χ1v) is 5.72. The fourth-order valence-electron chi connectivity index (χ4n) is 1.47. The Bertz CT molecular complexity index is 487. The molecule has 1 unspecified atom stereocenters. The normalized spacial score (nSPS) is 13.0. The van der Waals surface area contributed by atoms with E-state index in [2.05, 4.69) is 15.5 Å². The largest absolute Gasteiger partial charge is 0.464 e. The van der Waals surface area contributed by atoms with Gasteiger partial charge in [0.2, 0.25) is 0 Å². The quantitative estimate of drug-likeness (QED) is 0.881. The number of hydrogen-bond donors (Lipinski definition) is 1. The lowest BCUT2D eigenvalue weighted by molar-refractivity contribution is 0.409. The molecule has 0 aliphatic rings. The Hall–Kier alpha value is -1.78. The average Bonchev–Trinajstić information content (AvgIpc) is 2.86.